The Balaban J connectivity index is 3.59. The Morgan fingerprint density at radius 3 is 2.31 bits per heavy atom. The van der Waals surface area contributed by atoms with Gasteiger partial charge in [-0.25, -0.2) is 0 Å². The second-order valence-electron chi connectivity index (χ2n) is 3.23. The molecule has 0 radical (unpaired) electrons. The largest absolute Gasteiger partial charge is 0.389 e. The summed E-state index contributed by atoms with van der Waals surface area (Å²) in [5.74, 6) is -0.186. The highest BCUT2D eigenvalue weighted by Crippen LogP contribution is 2.23. The monoisotopic (exact) mass is 196 g/mol. The molecule has 1 nitrogen and oxygen atoms in total. The first-order chi connectivity index (χ1) is 5.87. The molecule has 0 rings (SSSR count). The fourth-order valence-electron chi connectivity index (χ4n) is 1.12. The van der Waals surface area contributed by atoms with Crippen LogP contribution >= 0.6 is 0 Å². The summed E-state index contributed by atoms with van der Waals surface area (Å²) in [5.41, 5.74) is 0. The van der Waals surface area contributed by atoms with Crippen molar-refractivity contribution in [2.45, 2.75) is 45.7 Å². The van der Waals surface area contributed by atoms with Crippen molar-refractivity contribution in [1.82, 2.24) is 0 Å². The van der Waals surface area contributed by atoms with E-state index in [9.17, 15) is 18.0 Å². The number of hydrogen-bond donors (Lipinski definition) is 0. The minimum Gasteiger partial charge on any atom is -0.299 e. The summed E-state index contributed by atoms with van der Waals surface area (Å²) >= 11 is 0. The second kappa shape index (κ2) is 5.25. The van der Waals surface area contributed by atoms with E-state index in [0.717, 1.165) is 0 Å². The normalized spacial score (nSPS) is 14.2. The van der Waals surface area contributed by atoms with Gasteiger partial charge in [-0.1, -0.05) is 13.8 Å². The Hall–Kier alpha value is -0.540. The minimum atomic E-state index is -4.09. The first kappa shape index (κ1) is 12.5. The van der Waals surface area contributed by atoms with Crippen LogP contribution in [-0.4, -0.2) is 12.0 Å². The third-order valence-electron chi connectivity index (χ3n) is 2.00. The van der Waals surface area contributed by atoms with E-state index in [4.69, 9.17) is 0 Å². The molecule has 0 saturated heterocycles. The molecule has 4 heteroatoms. The van der Waals surface area contributed by atoms with Crippen LogP contribution in [0, 0.1) is 5.92 Å². The van der Waals surface area contributed by atoms with Crippen molar-refractivity contribution < 1.29 is 18.0 Å². The van der Waals surface area contributed by atoms with Crippen molar-refractivity contribution in [3.05, 3.63) is 0 Å². The van der Waals surface area contributed by atoms with Crippen LogP contribution in [0.15, 0.2) is 0 Å². The topological polar surface area (TPSA) is 17.1 Å². The SMILES string of the molecule is CCC(=O)C(C)CCCC(F)(F)F. The molecule has 1 unspecified atom stereocenters. The molecule has 0 bridgehead atoms. The van der Waals surface area contributed by atoms with Gasteiger partial charge < -0.3 is 0 Å². The molecule has 0 N–H and O–H groups in total. The maximum atomic E-state index is 11.7. The van der Waals surface area contributed by atoms with E-state index < -0.39 is 12.6 Å². The molecular weight excluding hydrogens is 181 g/mol. The smallest absolute Gasteiger partial charge is 0.299 e. The molecule has 0 saturated carbocycles. The van der Waals surface area contributed by atoms with Crippen LogP contribution in [0.5, 0.6) is 0 Å². The van der Waals surface area contributed by atoms with E-state index in [1.54, 1.807) is 13.8 Å². The van der Waals surface area contributed by atoms with Gasteiger partial charge in [0.15, 0.2) is 0 Å². The van der Waals surface area contributed by atoms with Gasteiger partial charge in [-0.2, -0.15) is 13.2 Å². The van der Waals surface area contributed by atoms with Crippen molar-refractivity contribution in [3.8, 4) is 0 Å². The summed E-state index contributed by atoms with van der Waals surface area (Å²) in [6, 6.07) is 0. The number of carbonyl (C=O) groups excluding carboxylic acids is 1. The van der Waals surface area contributed by atoms with Crippen LogP contribution in [0.1, 0.15) is 39.5 Å². The lowest BCUT2D eigenvalue weighted by atomic mass is 9.98. The van der Waals surface area contributed by atoms with Crippen LogP contribution in [0.3, 0.4) is 0 Å². The van der Waals surface area contributed by atoms with Gasteiger partial charge in [0, 0.05) is 18.8 Å². The molecule has 0 spiro atoms. The Morgan fingerprint density at radius 2 is 1.92 bits per heavy atom. The molecule has 0 heterocycles. The summed E-state index contributed by atoms with van der Waals surface area (Å²) in [6.45, 7) is 3.41. The summed E-state index contributed by atoms with van der Waals surface area (Å²) < 4.78 is 35.1. The van der Waals surface area contributed by atoms with Crippen molar-refractivity contribution in [1.29, 1.82) is 0 Å². The third kappa shape index (κ3) is 6.61. The second-order valence-corrected chi connectivity index (χ2v) is 3.23. The highest BCUT2D eigenvalue weighted by molar-refractivity contribution is 5.80. The van der Waals surface area contributed by atoms with Crippen LogP contribution in [-0.2, 0) is 4.79 Å². The van der Waals surface area contributed by atoms with Gasteiger partial charge in [0.25, 0.3) is 0 Å². The van der Waals surface area contributed by atoms with Crippen molar-refractivity contribution >= 4 is 5.78 Å². The molecule has 0 aromatic carbocycles. The average molecular weight is 196 g/mol. The lowest BCUT2D eigenvalue weighted by Gasteiger charge is -2.09. The number of alkyl halides is 3. The molecule has 0 aliphatic rings. The first-order valence-corrected chi connectivity index (χ1v) is 4.46. The number of halogens is 3. The maximum Gasteiger partial charge on any atom is 0.389 e. The zero-order chi connectivity index (χ0) is 10.5. The van der Waals surface area contributed by atoms with E-state index >= 15 is 0 Å². The Bertz CT molecular complexity index is 163. The molecule has 0 aliphatic carbocycles. The Labute approximate surface area is 76.3 Å². The lowest BCUT2D eigenvalue weighted by Crippen LogP contribution is -2.12. The third-order valence-corrected chi connectivity index (χ3v) is 2.00. The van der Waals surface area contributed by atoms with Crippen LogP contribution < -0.4 is 0 Å². The fourth-order valence-corrected chi connectivity index (χ4v) is 1.12. The number of hydrogen-bond acceptors (Lipinski definition) is 1. The molecule has 0 aliphatic heterocycles. The molecule has 0 fully saturated rings. The fraction of sp³-hybridized carbons (Fsp3) is 0.889. The van der Waals surface area contributed by atoms with Crippen molar-refractivity contribution in [2.75, 3.05) is 0 Å². The van der Waals surface area contributed by atoms with Gasteiger partial charge in [-0.05, 0) is 12.8 Å². The predicted octanol–water partition coefficient (Wildman–Crippen LogP) is 3.33. The van der Waals surface area contributed by atoms with E-state index in [1.807, 2.05) is 0 Å². The standard InChI is InChI=1S/C9H15F3O/c1-3-8(13)7(2)5-4-6-9(10,11)12/h7H,3-6H2,1-2H3. The quantitative estimate of drug-likeness (QED) is 0.659. The van der Waals surface area contributed by atoms with Crippen LogP contribution in [0.25, 0.3) is 0 Å². The van der Waals surface area contributed by atoms with Gasteiger partial charge in [-0.3, -0.25) is 4.79 Å². The Kier molecular flexibility index (Phi) is 5.03. The average Bonchev–Trinajstić information content (AvgIpc) is 2.00. The van der Waals surface area contributed by atoms with E-state index in [0.29, 0.717) is 12.8 Å². The minimum absolute atomic E-state index is 0.0437. The Morgan fingerprint density at radius 1 is 1.38 bits per heavy atom. The highest BCUT2D eigenvalue weighted by atomic mass is 19.4. The van der Waals surface area contributed by atoms with Gasteiger partial charge >= 0.3 is 6.18 Å². The lowest BCUT2D eigenvalue weighted by molar-refractivity contribution is -0.137. The zero-order valence-corrected chi connectivity index (χ0v) is 7.95. The van der Waals surface area contributed by atoms with Gasteiger partial charge in [0.05, 0.1) is 0 Å². The molecular formula is C9H15F3O. The van der Waals surface area contributed by atoms with Gasteiger partial charge in [0.1, 0.15) is 5.78 Å². The first-order valence-electron chi connectivity index (χ1n) is 4.46. The number of ketones is 1. The molecule has 0 amide bonds. The summed E-state index contributed by atoms with van der Waals surface area (Å²) in [5, 5.41) is 0. The molecule has 0 aromatic heterocycles. The zero-order valence-electron chi connectivity index (χ0n) is 7.95. The van der Waals surface area contributed by atoms with Crippen LogP contribution in [0.2, 0.25) is 0 Å². The maximum absolute atomic E-state index is 11.7. The summed E-state index contributed by atoms with van der Waals surface area (Å²) in [6.07, 6.45) is -4.07. The summed E-state index contributed by atoms with van der Waals surface area (Å²) in [7, 11) is 0. The number of rotatable bonds is 5. The predicted molar refractivity (Wildman–Crippen MR) is 44.4 cm³/mol. The van der Waals surface area contributed by atoms with E-state index in [2.05, 4.69) is 0 Å². The number of carbonyl (C=O) groups is 1. The molecule has 13 heavy (non-hydrogen) atoms. The van der Waals surface area contributed by atoms with Gasteiger partial charge in [-0.15, -0.1) is 0 Å². The van der Waals surface area contributed by atoms with Crippen LogP contribution in [0.4, 0.5) is 13.2 Å². The number of Topliss-reactive ketones (excluding diaryl/α,β-unsaturated/α-hetero) is 1. The van der Waals surface area contributed by atoms with E-state index in [-0.39, 0.29) is 18.1 Å². The summed E-state index contributed by atoms with van der Waals surface area (Å²) in [4.78, 5) is 11.0. The van der Waals surface area contributed by atoms with Gasteiger partial charge in [0.2, 0.25) is 0 Å². The molecule has 78 valence electrons. The van der Waals surface area contributed by atoms with E-state index in [1.165, 1.54) is 0 Å². The molecule has 1 atom stereocenters. The van der Waals surface area contributed by atoms with Crippen molar-refractivity contribution in [2.24, 2.45) is 5.92 Å². The van der Waals surface area contributed by atoms with Crippen molar-refractivity contribution in [3.63, 3.8) is 0 Å². The molecule has 0 aromatic rings. The highest BCUT2D eigenvalue weighted by Gasteiger charge is 2.26.